The van der Waals surface area contributed by atoms with Crippen LogP contribution >= 0.6 is 12.8 Å². The number of hydrogen-bond acceptors (Lipinski definition) is 1. The van der Waals surface area contributed by atoms with Crippen molar-refractivity contribution in [2.24, 2.45) is 0 Å². The van der Waals surface area contributed by atoms with E-state index in [1.54, 1.807) is 13.8 Å². The fraction of sp³-hybridized carbons (Fsp3) is 1.00. The average molecular weight is 171 g/mol. The van der Waals surface area contributed by atoms with E-state index in [0.717, 1.165) is 0 Å². The van der Waals surface area contributed by atoms with Crippen molar-refractivity contribution in [3.05, 3.63) is 0 Å². The summed E-state index contributed by atoms with van der Waals surface area (Å²) >= 11 is -0.931. The number of hydrogen-bond donors (Lipinski definition) is 1. The van der Waals surface area contributed by atoms with Crippen LogP contribution in [0.4, 0.5) is 0 Å². The Labute approximate surface area is 67.8 Å². The molecule has 0 aromatic rings. The predicted octanol–water partition coefficient (Wildman–Crippen LogP) is 1.39. The van der Waals surface area contributed by atoms with Crippen LogP contribution in [0.15, 0.2) is 0 Å². The molecule has 0 rings (SSSR count). The summed E-state index contributed by atoms with van der Waals surface area (Å²) in [5.41, 5.74) is 0. The first-order chi connectivity index (χ1) is 3.15. The van der Waals surface area contributed by atoms with E-state index in [1.165, 1.54) is 0 Å². The second-order valence-electron chi connectivity index (χ2n) is 1.19. The van der Waals surface area contributed by atoms with E-state index >= 15 is 0 Å². The van der Waals surface area contributed by atoms with Gasteiger partial charge in [0.25, 0.3) is 0 Å². The molecule has 0 saturated carbocycles. The first-order valence-corrected chi connectivity index (χ1v) is 8.02. The minimum atomic E-state index is -0.931. The van der Waals surface area contributed by atoms with Crippen LogP contribution in [0.1, 0.15) is 13.8 Å². The van der Waals surface area contributed by atoms with Gasteiger partial charge in [0.05, 0.1) is 0 Å². The van der Waals surface area contributed by atoms with E-state index < -0.39 is 30.8 Å². The maximum atomic E-state index is 8.06. The van der Waals surface area contributed by atoms with Gasteiger partial charge in [-0.05, 0) is 13.8 Å². The van der Waals surface area contributed by atoms with Crippen LogP contribution in [0, 0.1) is 0 Å². The van der Waals surface area contributed by atoms with Crippen molar-refractivity contribution in [1.29, 1.82) is 0 Å². The van der Waals surface area contributed by atoms with E-state index in [2.05, 4.69) is 0 Å². The number of aliphatic hydroxyl groups is 1. The molecule has 0 heterocycles. The van der Waals surface area contributed by atoms with Gasteiger partial charge in [0.15, 0.2) is 0 Å². The summed E-state index contributed by atoms with van der Waals surface area (Å²) in [5.74, 6) is 0. The van der Waals surface area contributed by atoms with Gasteiger partial charge in [-0.25, -0.2) is 0 Å². The molecule has 1 N–H and O–H groups in total. The molecule has 0 radical (unpaired) electrons. The van der Waals surface area contributed by atoms with Crippen molar-refractivity contribution in [3.8, 4) is 0 Å². The zero-order valence-corrected chi connectivity index (χ0v) is 8.21. The van der Waals surface area contributed by atoms with E-state index in [9.17, 15) is 0 Å². The Hall–Kier alpha value is 1.80. The third-order valence-corrected chi connectivity index (χ3v) is 0. The maximum absolute atomic E-state index is 8.06. The Morgan fingerprint density at radius 2 is 1.43 bits per heavy atom. The van der Waals surface area contributed by atoms with Crippen LogP contribution in [-0.2, 0) is 0 Å². The molecule has 0 aliphatic carbocycles. The standard InChI is InChI=1S/C3H8O.Ca.2ClH/c1-3(2)4;;;/h3-4H,1-2H3;;2*1H/q;+2;;/p-2. The van der Waals surface area contributed by atoms with Crippen molar-refractivity contribution < 1.29 is 5.11 Å². The molecule has 0 bridgehead atoms. The zero-order chi connectivity index (χ0) is 6.28. The summed E-state index contributed by atoms with van der Waals surface area (Å²) < 4.78 is 0. The first kappa shape index (κ1) is 11.6. The van der Waals surface area contributed by atoms with Crippen molar-refractivity contribution in [1.82, 2.24) is 0 Å². The third kappa shape index (κ3) is 81.0. The number of aliphatic hydroxyl groups excluding tert-OH is 1. The van der Waals surface area contributed by atoms with E-state index in [1.807, 2.05) is 0 Å². The van der Waals surface area contributed by atoms with Gasteiger partial charge in [0.1, 0.15) is 0 Å². The van der Waals surface area contributed by atoms with Crippen molar-refractivity contribution in [2.45, 2.75) is 20.0 Å². The van der Waals surface area contributed by atoms with Gasteiger partial charge >= 0.3 is 43.6 Å². The van der Waals surface area contributed by atoms with Gasteiger partial charge in [0, 0.05) is 6.10 Å². The van der Waals surface area contributed by atoms with Gasteiger partial charge in [0.2, 0.25) is 0 Å². The molecule has 0 amide bonds. The Morgan fingerprint density at radius 3 is 1.43 bits per heavy atom. The Bertz CT molecular complexity index is 24.1. The first-order valence-electron chi connectivity index (χ1n) is 1.95. The van der Waals surface area contributed by atoms with Gasteiger partial charge in [-0.3, -0.25) is 0 Å². The van der Waals surface area contributed by atoms with E-state index in [4.69, 9.17) is 17.9 Å². The fourth-order valence-corrected chi connectivity index (χ4v) is 0. The molecule has 0 aromatic heterocycles. The molecule has 0 spiro atoms. The van der Waals surface area contributed by atoms with Crippen LogP contribution in [0.5, 0.6) is 0 Å². The van der Waals surface area contributed by atoms with Crippen LogP contribution in [0.25, 0.3) is 0 Å². The minimum absolute atomic E-state index is 0.167. The zero-order valence-electron chi connectivity index (χ0n) is 4.49. The quantitative estimate of drug-likeness (QED) is 0.546. The summed E-state index contributed by atoms with van der Waals surface area (Å²) in [5, 5.41) is 8.06. The Balaban J connectivity index is 0. The molecule has 0 aromatic carbocycles. The SMILES string of the molecule is CC(C)O.[Cl][Ca][Cl]. The molecule has 0 fully saturated rings. The molecule has 4 heteroatoms. The summed E-state index contributed by atoms with van der Waals surface area (Å²) in [6.45, 7) is 3.44. The molecule has 0 unspecified atom stereocenters. The average Bonchev–Trinajstić information content (AvgIpc) is 1.33. The van der Waals surface area contributed by atoms with Crippen LogP contribution in [0.3, 0.4) is 0 Å². The summed E-state index contributed by atoms with van der Waals surface area (Å²) in [6.07, 6.45) is 9.74. The van der Waals surface area contributed by atoms with Gasteiger partial charge in [-0.1, -0.05) is 0 Å². The molecule has 0 aliphatic rings. The molecular formula is C3H8CaCl2O. The molecule has 0 aliphatic heterocycles. The molecule has 0 atom stereocenters. The van der Waals surface area contributed by atoms with Crippen LogP contribution in [-0.4, -0.2) is 42.1 Å². The Kier molecular flexibility index (Phi) is 17.7. The van der Waals surface area contributed by atoms with Gasteiger partial charge in [-0.15, -0.1) is 0 Å². The number of halogens is 2. The Morgan fingerprint density at radius 1 is 1.43 bits per heavy atom. The molecule has 7 heavy (non-hydrogen) atoms. The van der Waals surface area contributed by atoms with Crippen molar-refractivity contribution >= 4 is 43.6 Å². The molecule has 42 valence electrons. The number of rotatable bonds is 0. The predicted molar refractivity (Wildman–Crippen MR) is 34.8 cm³/mol. The summed E-state index contributed by atoms with van der Waals surface area (Å²) in [7, 11) is 0. The topological polar surface area (TPSA) is 20.2 Å². The van der Waals surface area contributed by atoms with Crippen molar-refractivity contribution in [3.63, 3.8) is 0 Å². The molecular weight excluding hydrogens is 163 g/mol. The van der Waals surface area contributed by atoms with E-state index in [0.29, 0.717) is 0 Å². The fourth-order valence-electron chi connectivity index (χ4n) is 0. The van der Waals surface area contributed by atoms with Crippen molar-refractivity contribution in [2.75, 3.05) is 0 Å². The third-order valence-electron chi connectivity index (χ3n) is 0. The molecule has 0 saturated heterocycles. The van der Waals surface area contributed by atoms with Crippen LogP contribution < -0.4 is 0 Å². The molecule has 1 nitrogen and oxygen atoms in total. The second kappa shape index (κ2) is 10.7. The van der Waals surface area contributed by atoms with Gasteiger partial charge in [-0.2, -0.15) is 0 Å². The van der Waals surface area contributed by atoms with Crippen LogP contribution in [0.2, 0.25) is 0 Å². The monoisotopic (exact) mass is 170 g/mol. The summed E-state index contributed by atoms with van der Waals surface area (Å²) in [6, 6.07) is 0. The second-order valence-corrected chi connectivity index (χ2v) is 4.84. The van der Waals surface area contributed by atoms with Gasteiger partial charge < -0.3 is 5.11 Å². The summed E-state index contributed by atoms with van der Waals surface area (Å²) in [4.78, 5) is 0. The normalized spacial score (nSPS) is 6.57. The van der Waals surface area contributed by atoms with E-state index in [-0.39, 0.29) is 6.10 Å².